The van der Waals surface area contributed by atoms with E-state index in [9.17, 15) is 9.59 Å². The van der Waals surface area contributed by atoms with E-state index < -0.39 is 17.7 Å². The molecule has 184 valence electrons. The van der Waals surface area contributed by atoms with E-state index in [4.69, 9.17) is 28.4 Å². The zero-order chi connectivity index (χ0) is 24.6. The van der Waals surface area contributed by atoms with Gasteiger partial charge >= 0.3 is 17.7 Å². The van der Waals surface area contributed by atoms with Crippen molar-refractivity contribution in [1.82, 2.24) is 0 Å². The second-order valence-corrected chi connectivity index (χ2v) is 7.27. The van der Waals surface area contributed by atoms with Gasteiger partial charge in [0.15, 0.2) is 0 Å². The van der Waals surface area contributed by atoms with Gasteiger partial charge in [-0.05, 0) is 23.3 Å². The highest BCUT2D eigenvalue weighted by molar-refractivity contribution is 6.02. The standard InChI is InChI=1S/C27H28O8/c28-25(32-17-9-7-15-30-21-23-11-3-1-4-12-23)27(34-19-20-35-27)26(29)33-18-10-8-16-31-22-24-13-5-2-6-14-24/h1-14,19-20H,15-18,21-22H2. The van der Waals surface area contributed by atoms with E-state index in [1.54, 1.807) is 24.3 Å². The van der Waals surface area contributed by atoms with Gasteiger partial charge in [-0.3, -0.25) is 0 Å². The summed E-state index contributed by atoms with van der Waals surface area (Å²) in [5.41, 5.74) is 2.12. The number of carbonyl (C=O) groups excluding carboxylic acids is 2. The molecule has 3 rings (SSSR count). The Hall–Kier alpha value is -3.88. The minimum Gasteiger partial charge on any atom is -0.455 e. The molecule has 0 spiro atoms. The van der Waals surface area contributed by atoms with Crippen LogP contribution >= 0.6 is 0 Å². The van der Waals surface area contributed by atoms with Gasteiger partial charge in [0.05, 0.1) is 26.4 Å². The molecule has 0 amide bonds. The number of rotatable bonds is 14. The predicted octanol–water partition coefficient (Wildman–Crippen LogP) is 3.83. The summed E-state index contributed by atoms with van der Waals surface area (Å²) in [6, 6.07) is 19.5. The third-order valence-electron chi connectivity index (χ3n) is 4.67. The summed E-state index contributed by atoms with van der Waals surface area (Å²) in [5, 5.41) is 0. The quantitative estimate of drug-likeness (QED) is 0.174. The van der Waals surface area contributed by atoms with Gasteiger partial charge in [0.25, 0.3) is 0 Å². The van der Waals surface area contributed by atoms with Crippen molar-refractivity contribution < 1.29 is 38.0 Å². The molecule has 0 N–H and O–H groups in total. The number of hydrogen-bond donors (Lipinski definition) is 0. The first kappa shape index (κ1) is 25.7. The Morgan fingerprint density at radius 2 is 1.03 bits per heavy atom. The van der Waals surface area contributed by atoms with Crippen LogP contribution in [0.4, 0.5) is 0 Å². The minimum atomic E-state index is -2.31. The lowest BCUT2D eigenvalue weighted by atomic mass is 10.2. The van der Waals surface area contributed by atoms with Crippen molar-refractivity contribution >= 4 is 11.9 Å². The molecule has 0 atom stereocenters. The molecule has 0 saturated heterocycles. The van der Waals surface area contributed by atoms with Crippen LogP contribution in [0.3, 0.4) is 0 Å². The SMILES string of the molecule is O=C(OCC=CCOCc1ccccc1)C1(C(=O)OCC=CCOCc2ccccc2)OC=CO1. The average Bonchev–Trinajstić information content (AvgIpc) is 3.40. The minimum absolute atomic E-state index is 0.0893. The van der Waals surface area contributed by atoms with E-state index in [0.717, 1.165) is 23.7 Å². The van der Waals surface area contributed by atoms with E-state index in [-0.39, 0.29) is 13.2 Å². The summed E-state index contributed by atoms with van der Waals surface area (Å²) < 4.78 is 31.4. The highest BCUT2D eigenvalue weighted by Gasteiger charge is 2.56. The summed E-state index contributed by atoms with van der Waals surface area (Å²) in [5.74, 6) is -4.34. The molecule has 2 aromatic carbocycles. The molecule has 1 aliphatic rings. The number of carbonyl (C=O) groups is 2. The number of esters is 2. The molecule has 1 aliphatic heterocycles. The van der Waals surface area contributed by atoms with Crippen LogP contribution in [0, 0.1) is 0 Å². The Kier molecular flexibility index (Phi) is 10.6. The maximum absolute atomic E-state index is 12.5. The fraction of sp³-hybridized carbons (Fsp3) is 0.259. The van der Waals surface area contributed by atoms with Crippen molar-refractivity contribution in [2.45, 2.75) is 19.0 Å². The van der Waals surface area contributed by atoms with Crippen molar-refractivity contribution in [3.63, 3.8) is 0 Å². The van der Waals surface area contributed by atoms with E-state index in [1.165, 1.54) is 0 Å². The van der Waals surface area contributed by atoms with Gasteiger partial charge in [-0.2, -0.15) is 0 Å². The van der Waals surface area contributed by atoms with E-state index in [2.05, 4.69) is 0 Å². The van der Waals surface area contributed by atoms with Crippen LogP contribution in [0.25, 0.3) is 0 Å². The largest absolute Gasteiger partial charge is 0.455 e. The topological polar surface area (TPSA) is 89.5 Å². The zero-order valence-electron chi connectivity index (χ0n) is 19.2. The van der Waals surface area contributed by atoms with Crippen molar-refractivity contribution in [3.8, 4) is 0 Å². The Bertz CT molecular complexity index is 917. The molecule has 0 bridgehead atoms. The molecule has 1 heterocycles. The first-order valence-corrected chi connectivity index (χ1v) is 11.1. The normalized spacial score (nSPS) is 14.1. The second kappa shape index (κ2) is 14.4. The molecule has 35 heavy (non-hydrogen) atoms. The van der Waals surface area contributed by atoms with Crippen LogP contribution in [-0.2, 0) is 51.2 Å². The van der Waals surface area contributed by atoms with Gasteiger partial charge in [0, 0.05) is 0 Å². The Balaban J connectivity index is 1.33. The molecule has 0 saturated carbocycles. The lowest BCUT2D eigenvalue weighted by Crippen LogP contribution is -2.50. The lowest BCUT2D eigenvalue weighted by molar-refractivity contribution is -0.215. The van der Waals surface area contributed by atoms with Crippen molar-refractivity contribution in [2.24, 2.45) is 0 Å². The Morgan fingerprint density at radius 3 is 1.46 bits per heavy atom. The maximum atomic E-state index is 12.5. The third kappa shape index (κ3) is 8.44. The summed E-state index contributed by atoms with van der Waals surface area (Å²) in [6.07, 6.45) is 8.79. The van der Waals surface area contributed by atoms with Crippen LogP contribution in [0.5, 0.6) is 0 Å². The van der Waals surface area contributed by atoms with Gasteiger partial charge in [-0.25, -0.2) is 9.59 Å². The van der Waals surface area contributed by atoms with Crippen LogP contribution in [0.1, 0.15) is 11.1 Å². The van der Waals surface area contributed by atoms with Crippen molar-refractivity contribution in [3.05, 3.63) is 109 Å². The first-order chi connectivity index (χ1) is 17.2. The summed E-state index contributed by atoms with van der Waals surface area (Å²) in [7, 11) is 0. The number of hydrogen-bond acceptors (Lipinski definition) is 8. The van der Waals surface area contributed by atoms with Gasteiger partial charge in [-0.1, -0.05) is 72.8 Å². The monoisotopic (exact) mass is 480 g/mol. The first-order valence-electron chi connectivity index (χ1n) is 11.1. The lowest BCUT2D eigenvalue weighted by Gasteiger charge is -2.22. The molecule has 0 radical (unpaired) electrons. The molecular formula is C27H28O8. The molecule has 8 heteroatoms. The summed E-state index contributed by atoms with van der Waals surface area (Å²) in [6.45, 7) is 1.45. The average molecular weight is 481 g/mol. The van der Waals surface area contributed by atoms with E-state index in [0.29, 0.717) is 26.4 Å². The molecule has 0 fully saturated rings. The smallest absolute Gasteiger partial charge is 0.452 e. The van der Waals surface area contributed by atoms with E-state index in [1.807, 2.05) is 60.7 Å². The number of ether oxygens (including phenoxy) is 6. The van der Waals surface area contributed by atoms with Crippen molar-refractivity contribution in [2.75, 3.05) is 26.4 Å². The van der Waals surface area contributed by atoms with Crippen LogP contribution in [0.15, 0.2) is 97.5 Å². The molecular weight excluding hydrogens is 452 g/mol. The van der Waals surface area contributed by atoms with Crippen molar-refractivity contribution in [1.29, 1.82) is 0 Å². The number of benzene rings is 2. The highest BCUT2D eigenvalue weighted by Crippen LogP contribution is 2.24. The van der Waals surface area contributed by atoms with Gasteiger partial charge in [0.2, 0.25) is 0 Å². The fourth-order valence-electron chi connectivity index (χ4n) is 2.90. The predicted molar refractivity (Wildman–Crippen MR) is 126 cm³/mol. The van der Waals surface area contributed by atoms with Crippen LogP contribution in [-0.4, -0.2) is 44.2 Å². The summed E-state index contributed by atoms with van der Waals surface area (Å²) in [4.78, 5) is 25.0. The van der Waals surface area contributed by atoms with Gasteiger partial charge in [0.1, 0.15) is 25.7 Å². The Labute approximate surface area is 204 Å². The molecule has 0 aliphatic carbocycles. The summed E-state index contributed by atoms with van der Waals surface area (Å²) >= 11 is 0. The van der Waals surface area contributed by atoms with Crippen LogP contribution in [0.2, 0.25) is 0 Å². The highest BCUT2D eigenvalue weighted by atomic mass is 16.8. The van der Waals surface area contributed by atoms with Gasteiger partial charge < -0.3 is 28.4 Å². The maximum Gasteiger partial charge on any atom is 0.452 e. The second-order valence-electron chi connectivity index (χ2n) is 7.27. The van der Waals surface area contributed by atoms with E-state index >= 15 is 0 Å². The third-order valence-corrected chi connectivity index (χ3v) is 4.67. The molecule has 8 nitrogen and oxygen atoms in total. The zero-order valence-corrected chi connectivity index (χ0v) is 19.2. The molecule has 0 unspecified atom stereocenters. The van der Waals surface area contributed by atoms with Crippen LogP contribution < -0.4 is 0 Å². The fourth-order valence-corrected chi connectivity index (χ4v) is 2.90. The van der Waals surface area contributed by atoms with Gasteiger partial charge in [-0.15, -0.1) is 0 Å². The molecule has 2 aromatic rings. The Morgan fingerprint density at radius 1 is 0.629 bits per heavy atom. The molecule has 0 aromatic heterocycles.